The van der Waals surface area contributed by atoms with Gasteiger partial charge >= 0.3 is 5.97 Å². The van der Waals surface area contributed by atoms with E-state index in [2.05, 4.69) is 16.0 Å². The van der Waals surface area contributed by atoms with E-state index >= 15 is 0 Å². The Morgan fingerprint density at radius 2 is 1.50 bits per heavy atom. The van der Waals surface area contributed by atoms with Gasteiger partial charge in [0.25, 0.3) is 0 Å². The number of carbonyl (C=O) groups excluding carboxylic acids is 3. The number of hydrogen-bond acceptors (Lipinski definition) is 6. The minimum atomic E-state index is -0.629. The SMILES string of the molecule is CC(=O)NCCNC(=N)Nc1ccc(C(=O)Oc2ccc3cc(C(=N)N)ccc3c2CC(N)=O)cc1.Cl.Cl. The number of anilines is 1. The lowest BCUT2D eigenvalue weighted by Crippen LogP contribution is -2.36. The van der Waals surface area contributed by atoms with Crippen molar-refractivity contribution in [1.29, 1.82) is 10.8 Å². The van der Waals surface area contributed by atoms with E-state index in [0.29, 0.717) is 35.3 Å². The zero-order chi connectivity index (χ0) is 26.2. The zero-order valence-corrected chi connectivity index (χ0v) is 22.1. The molecule has 0 aliphatic carbocycles. The molecule has 11 nitrogen and oxygen atoms in total. The largest absolute Gasteiger partial charge is 0.423 e. The molecule has 0 saturated carbocycles. The molecule has 3 aromatic rings. The van der Waals surface area contributed by atoms with Gasteiger partial charge in [0.2, 0.25) is 11.8 Å². The first-order valence-electron chi connectivity index (χ1n) is 11.0. The van der Waals surface area contributed by atoms with Crippen LogP contribution in [0, 0.1) is 10.8 Å². The van der Waals surface area contributed by atoms with Crippen molar-refractivity contribution >= 4 is 70.9 Å². The van der Waals surface area contributed by atoms with Crippen molar-refractivity contribution in [2.24, 2.45) is 11.5 Å². The van der Waals surface area contributed by atoms with E-state index in [-0.39, 0.29) is 60.3 Å². The van der Waals surface area contributed by atoms with Crippen molar-refractivity contribution in [2.45, 2.75) is 13.3 Å². The predicted molar refractivity (Wildman–Crippen MR) is 152 cm³/mol. The number of nitrogens with one attached hydrogen (secondary N) is 5. The first kappa shape index (κ1) is 31.7. The number of halogens is 2. The summed E-state index contributed by atoms with van der Waals surface area (Å²) in [7, 11) is 0. The number of carbonyl (C=O) groups is 3. The molecule has 13 heteroatoms. The van der Waals surface area contributed by atoms with Crippen molar-refractivity contribution in [3.05, 3.63) is 71.3 Å². The first-order valence-corrected chi connectivity index (χ1v) is 11.0. The summed E-state index contributed by atoms with van der Waals surface area (Å²) in [6.45, 7) is 2.18. The molecule has 0 aliphatic heterocycles. The van der Waals surface area contributed by atoms with Gasteiger partial charge < -0.3 is 32.2 Å². The second-order valence-electron chi connectivity index (χ2n) is 7.91. The predicted octanol–water partition coefficient (Wildman–Crippen LogP) is 2.29. The molecule has 9 N–H and O–H groups in total. The molecular formula is C25H29Cl2N7O4. The quantitative estimate of drug-likeness (QED) is 0.0683. The van der Waals surface area contributed by atoms with E-state index in [0.717, 1.165) is 5.39 Å². The maximum atomic E-state index is 12.8. The first-order chi connectivity index (χ1) is 17.1. The Morgan fingerprint density at radius 1 is 0.868 bits per heavy atom. The van der Waals surface area contributed by atoms with Gasteiger partial charge in [-0.15, -0.1) is 24.8 Å². The lowest BCUT2D eigenvalue weighted by molar-refractivity contribution is -0.119. The van der Waals surface area contributed by atoms with E-state index in [1.807, 2.05) is 0 Å². The average Bonchev–Trinajstić information content (AvgIpc) is 2.83. The number of rotatable bonds is 9. The molecule has 3 rings (SSSR count). The number of fused-ring (bicyclic) bond motifs is 1. The molecule has 0 aliphatic rings. The second kappa shape index (κ2) is 14.4. The van der Waals surface area contributed by atoms with E-state index in [4.69, 9.17) is 27.0 Å². The van der Waals surface area contributed by atoms with Crippen LogP contribution in [0.4, 0.5) is 5.69 Å². The molecule has 0 atom stereocenters. The van der Waals surface area contributed by atoms with Gasteiger partial charge in [-0.2, -0.15) is 0 Å². The van der Waals surface area contributed by atoms with Crippen molar-refractivity contribution in [2.75, 3.05) is 18.4 Å². The summed E-state index contributed by atoms with van der Waals surface area (Å²) in [5.74, 6) is -1.20. The maximum Gasteiger partial charge on any atom is 0.343 e. The molecule has 2 amide bonds. The van der Waals surface area contributed by atoms with Gasteiger partial charge in [0.1, 0.15) is 11.6 Å². The Labute approximate surface area is 231 Å². The number of hydrogen-bond donors (Lipinski definition) is 7. The molecule has 3 aromatic carbocycles. The second-order valence-corrected chi connectivity index (χ2v) is 7.91. The Bertz CT molecular complexity index is 1350. The fraction of sp³-hybridized carbons (Fsp3) is 0.160. The van der Waals surface area contributed by atoms with Crippen molar-refractivity contribution in [1.82, 2.24) is 10.6 Å². The summed E-state index contributed by atoms with van der Waals surface area (Å²) in [6, 6.07) is 14.7. The van der Waals surface area contributed by atoms with Gasteiger partial charge in [0.15, 0.2) is 5.96 Å². The van der Waals surface area contributed by atoms with E-state index in [1.165, 1.54) is 6.92 Å². The number of nitrogens with two attached hydrogens (primary N) is 2. The fourth-order valence-corrected chi connectivity index (χ4v) is 3.46. The third-order valence-corrected chi connectivity index (χ3v) is 5.14. The van der Waals surface area contributed by atoms with Gasteiger partial charge in [-0.05, 0) is 47.2 Å². The molecular weight excluding hydrogens is 533 g/mol. The molecule has 0 saturated heterocycles. The number of amides is 2. The van der Waals surface area contributed by atoms with Crippen LogP contribution in [0.15, 0.2) is 54.6 Å². The normalized spacial score (nSPS) is 9.82. The number of nitrogen functional groups attached to an aromatic ring is 1. The van der Waals surface area contributed by atoms with E-state index in [9.17, 15) is 14.4 Å². The van der Waals surface area contributed by atoms with Crippen LogP contribution in [0.3, 0.4) is 0 Å². The molecule has 0 fully saturated rings. The summed E-state index contributed by atoms with van der Waals surface area (Å²) in [5, 5.41) is 25.2. The van der Waals surface area contributed by atoms with Crippen LogP contribution in [0.25, 0.3) is 10.8 Å². The smallest absolute Gasteiger partial charge is 0.343 e. The highest BCUT2D eigenvalue weighted by molar-refractivity contribution is 6.01. The highest BCUT2D eigenvalue weighted by Gasteiger charge is 2.17. The minimum absolute atomic E-state index is 0. The Hall–Kier alpha value is -4.35. The lowest BCUT2D eigenvalue weighted by Gasteiger charge is -2.14. The zero-order valence-electron chi connectivity index (χ0n) is 20.4. The van der Waals surface area contributed by atoms with Crippen LogP contribution < -0.4 is 32.2 Å². The number of primary amides is 1. The molecule has 202 valence electrons. The molecule has 38 heavy (non-hydrogen) atoms. The van der Waals surface area contributed by atoms with Crippen LogP contribution >= 0.6 is 24.8 Å². The van der Waals surface area contributed by atoms with Gasteiger partial charge in [0, 0.05) is 36.8 Å². The topological polar surface area (TPSA) is 196 Å². The highest BCUT2D eigenvalue weighted by atomic mass is 35.5. The van der Waals surface area contributed by atoms with Crippen LogP contribution in [0.5, 0.6) is 5.75 Å². The van der Waals surface area contributed by atoms with Crippen molar-refractivity contribution in [3.8, 4) is 5.75 Å². The molecule has 0 aromatic heterocycles. The van der Waals surface area contributed by atoms with Crippen LogP contribution in [-0.2, 0) is 16.0 Å². The van der Waals surface area contributed by atoms with Crippen molar-refractivity contribution in [3.63, 3.8) is 0 Å². The van der Waals surface area contributed by atoms with Crippen LogP contribution in [0.2, 0.25) is 0 Å². The van der Waals surface area contributed by atoms with Gasteiger partial charge in [-0.1, -0.05) is 18.2 Å². The Morgan fingerprint density at radius 3 is 2.11 bits per heavy atom. The van der Waals surface area contributed by atoms with Crippen LogP contribution in [0.1, 0.15) is 28.4 Å². The van der Waals surface area contributed by atoms with Crippen LogP contribution in [-0.4, -0.2) is 42.7 Å². The molecule has 0 bridgehead atoms. The van der Waals surface area contributed by atoms with E-state index < -0.39 is 11.9 Å². The maximum absolute atomic E-state index is 12.8. The molecule has 0 unspecified atom stereocenters. The highest BCUT2D eigenvalue weighted by Crippen LogP contribution is 2.30. The van der Waals surface area contributed by atoms with Gasteiger partial charge in [-0.25, -0.2) is 4.79 Å². The summed E-state index contributed by atoms with van der Waals surface area (Å²) in [5.41, 5.74) is 12.8. The Kier molecular flexibility index (Phi) is 12.0. The third-order valence-electron chi connectivity index (χ3n) is 5.14. The summed E-state index contributed by atoms with van der Waals surface area (Å²) < 4.78 is 5.60. The molecule has 0 heterocycles. The Balaban J connectivity index is 0.00000361. The summed E-state index contributed by atoms with van der Waals surface area (Å²) >= 11 is 0. The number of benzene rings is 3. The standard InChI is InChI=1S/C25H27N7O4.2ClH/c1-14(33)30-10-11-31-25(29)32-18-6-2-15(3-7-18)24(35)36-21-9-5-16-12-17(23(27)28)4-8-19(16)20(21)13-22(26)34;;/h2-9,12H,10-11,13H2,1H3,(H2,26,34)(H3,27,28)(H,30,33)(H3,29,31,32);2*1H. The summed E-state index contributed by atoms with van der Waals surface area (Å²) in [6.07, 6.45) is -0.140. The fourth-order valence-electron chi connectivity index (χ4n) is 3.46. The lowest BCUT2D eigenvalue weighted by atomic mass is 9.98. The molecule has 0 spiro atoms. The van der Waals surface area contributed by atoms with Gasteiger partial charge in [0.05, 0.1) is 12.0 Å². The third kappa shape index (κ3) is 8.64. The number of guanidine groups is 1. The van der Waals surface area contributed by atoms with Crippen molar-refractivity contribution < 1.29 is 19.1 Å². The molecule has 0 radical (unpaired) electrons. The number of ether oxygens (including phenoxy) is 1. The monoisotopic (exact) mass is 561 g/mol. The average molecular weight is 562 g/mol. The van der Waals surface area contributed by atoms with Gasteiger partial charge in [-0.3, -0.25) is 20.4 Å². The number of amidine groups is 1. The van der Waals surface area contributed by atoms with E-state index in [1.54, 1.807) is 54.6 Å². The minimum Gasteiger partial charge on any atom is -0.423 e. The number of esters is 1. The summed E-state index contributed by atoms with van der Waals surface area (Å²) in [4.78, 5) is 35.4.